The van der Waals surface area contributed by atoms with E-state index in [1.807, 2.05) is 13.8 Å². The number of hydrogen-bond acceptors (Lipinski definition) is 6. The van der Waals surface area contributed by atoms with Crippen molar-refractivity contribution in [1.29, 1.82) is 0 Å². The third-order valence-electron chi connectivity index (χ3n) is 9.87. The first-order valence-corrected chi connectivity index (χ1v) is 12.5. The van der Waals surface area contributed by atoms with Gasteiger partial charge in [-0.15, -0.1) is 0 Å². The number of ether oxygens (including phenoxy) is 2. The van der Waals surface area contributed by atoms with E-state index < -0.39 is 17.1 Å². The smallest absolute Gasteiger partial charge is 0.331 e. The molecule has 4 aliphatic rings. The highest BCUT2D eigenvalue weighted by molar-refractivity contribution is 5.85. The molecule has 0 bridgehead atoms. The molecule has 6 heteroatoms. The van der Waals surface area contributed by atoms with E-state index in [-0.39, 0.29) is 41.9 Å². The molecule has 0 radical (unpaired) electrons. The van der Waals surface area contributed by atoms with Gasteiger partial charge < -0.3 is 19.7 Å². The first kappa shape index (κ1) is 23.7. The molecule has 0 aromatic heterocycles. The summed E-state index contributed by atoms with van der Waals surface area (Å²) in [7, 11) is 0. The Bertz CT molecular complexity index is 785. The summed E-state index contributed by atoms with van der Waals surface area (Å²) in [5.41, 5.74) is -1.17. The fourth-order valence-electron chi connectivity index (χ4n) is 8.17. The molecular weight excluding hydrogens is 408 g/mol. The first-order valence-electron chi connectivity index (χ1n) is 12.5. The largest absolute Gasteiger partial charge is 0.462 e. The van der Waals surface area contributed by atoms with Crippen LogP contribution in [0.15, 0.2) is 11.6 Å². The molecule has 1 heterocycles. The fraction of sp³-hybridized carbons (Fsp3) is 0.846. The normalized spacial score (nSPS) is 44.7. The summed E-state index contributed by atoms with van der Waals surface area (Å²) in [4.78, 5) is 23.6. The maximum absolute atomic E-state index is 12.4. The Morgan fingerprint density at radius 1 is 1.25 bits per heavy atom. The topological polar surface area (TPSA) is 93.1 Å². The maximum Gasteiger partial charge on any atom is 0.331 e. The monoisotopic (exact) mass is 448 g/mol. The van der Waals surface area contributed by atoms with Crippen LogP contribution in [0.5, 0.6) is 0 Å². The Kier molecular flexibility index (Phi) is 6.25. The molecule has 2 N–H and O–H groups in total. The number of fused-ring (bicyclic) bond motifs is 1. The predicted octanol–water partition coefficient (Wildman–Crippen LogP) is 3.93. The van der Waals surface area contributed by atoms with E-state index in [0.717, 1.165) is 24.8 Å². The lowest BCUT2D eigenvalue weighted by atomic mass is 9.40. The van der Waals surface area contributed by atoms with Crippen molar-refractivity contribution in [3.05, 3.63) is 11.6 Å². The van der Waals surface area contributed by atoms with Crippen molar-refractivity contribution in [2.45, 2.75) is 103 Å². The maximum atomic E-state index is 12.4. The zero-order chi connectivity index (χ0) is 23.3. The van der Waals surface area contributed by atoms with Gasteiger partial charge >= 0.3 is 11.9 Å². The Morgan fingerprint density at radius 3 is 2.53 bits per heavy atom. The SMILES string of the molecule is CC(=O)OC1CC(C)C(O)(CCC2=CC(=O)OC2)C2(C)C(O)CCC(C)(C3CCCC3)C12. The standard InChI is InChI=1S/C26H40O6/c1-16-13-20(32-17(2)27)23-24(3,19-7-5-6-8-19)11-10-21(28)25(23,4)26(16,30)12-9-18-14-22(29)31-15-18/h14,16,19-21,23,28,30H,5-13,15H2,1-4H3. The third-order valence-corrected chi connectivity index (χ3v) is 9.87. The molecule has 180 valence electrons. The molecular formula is C26H40O6. The van der Waals surface area contributed by atoms with Crippen LogP contribution in [0.3, 0.4) is 0 Å². The number of esters is 2. The average molecular weight is 449 g/mol. The van der Waals surface area contributed by atoms with Gasteiger partial charge in [0.2, 0.25) is 0 Å². The summed E-state index contributed by atoms with van der Waals surface area (Å²) in [6, 6.07) is 0. The average Bonchev–Trinajstić information content (AvgIpc) is 3.40. The van der Waals surface area contributed by atoms with E-state index in [4.69, 9.17) is 9.47 Å². The summed E-state index contributed by atoms with van der Waals surface area (Å²) in [6.45, 7) is 8.10. The highest BCUT2D eigenvalue weighted by atomic mass is 16.5. The van der Waals surface area contributed by atoms with Crippen molar-refractivity contribution >= 4 is 11.9 Å². The summed E-state index contributed by atoms with van der Waals surface area (Å²) in [5.74, 6) is -0.391. The summed E-state index contributed by atoms with van der Waals surface area (Å²) in [6.07, 6.45) is 8.40. The molecule has 0 spiro atoms. The molecule has 1 aliphatic heterocycles. The van der Waals surface area contributed by atoms with Crippen molar-refractivity contribution in [3.8, 4) is 0 Å². The van der Waals surface area contributed by atoms with Gasteiger partial charge in [0.15, 0.2) is 0 Å². The van der Waals surface area contributed by atoms with Crippen LogP contribution in [0.1, 0.15) is 85.5 Å². The van der Waals surface area contributed by atoms with E-state index in [1.54, 1.807) is 0 Å². The molecule has 6 nitrogen and oxygen atoms in total. The Balaban J connectivity index is 1.75. The minimum Gasteiger partial charge on any atom is -0.462 e. The number of cyclic esters (lactones) is 1. The summed E-state index contributed by atoms with van der Waals surface area (Å²) in [5, 5.41) is 23.8. The lowest BCUT2D eigenvalue weighted by Crippen LogP contribution is -2.72. The molecule has 3 aliphatic carbocycles. The van der Waals surface area contributed by atoms with Crippen molar-refractivity contribution in [2.75, 3.05) is 6.61 Å². The fourth-order valence-corrected chi connectivity index (χ4v) is 8.17. The lowest BCUT2D eigenvalue weighted by Gasteiger charge is -2.67. The summed E-state index contributed by atoms with van der Waals surface area (Å²) < 4.78 is 11.0. The van der Waals surface area contributed by atoms with Crippen LogP contribution in [0, 0.1) is 28.6 Å². The molecule has 0 aromatic rings. The Hall–Kier alpha value is -1.40. The first-order chi connectivity index (χ1) is 15.0. The molecule has 32 heavy (non-hydrogen) atoms. The van der Waals surface area contributed by atoms with Gasteiger partial charge in [-0.3, -0.25) is 4.79 Å². The van der Waals surface area contributed by atoms with Gasteiger partial charge in [-0.05, 0) is 67.8 Å². The van der Waals surface area contributed by atoms with Crippen LogP contribution in [-0.2, 0) is 19.1 Å². The zero-order valence-corrected chi connectivity index (χ0v) is 20.1. The highest BCUT2D eigenvalue weighted by Gasteiger charge is 2.70. The third kappa shape index (κ3) is 3.62. The Labute approximate surface area is 191 Å². The van der Waals surface area contributed by atoms with Gasteiger partial charge in [0.05, 0.1) is 11.7 Å². The van der Waals surface area contributed by atoms with Crippen LogP contribution < -0.4 is 0 Å². The van der Waals surface area contributed by atoms with Crippen LogP contribution in [0.2, 0.25) is 0 Å². The minimum absolute atomic E-state index is 0.107. The van der Waals surface area contributed by atoms with Crippen LogP contribution in [-0.4, -0.2) is 46.6 Å². The zero-order valence-electron chi connectivity index (χ0n) is 20.1. The van der Waals surface area contributed by atoms with Gasteiger partial charge in [-0.1, -0.05) is 33.6 Å². The lowest BCUT2D eigenvalue weighted by molar-refractivity contribution is -0.290. The summed E-state index contributed by atoms with van der Waals surface area (Å²) >= 11 is 0. The van der Waals surface area contributed by atoms with Crippen molar-refractivity contribution in [3.63, 3.8) is 0 Å². The molecule has 0 amide bonds. The highest BCUT2D eigenvalue weighted by Crippen LogP contribution is 2.67. The Morgan fingerprint density at radius 2 is 1.94 bits per heavy atom. The predicted molar refractivity (Wildman–Crippen MR) is 119 cm³/mol. The molecule has 7 atom stereocenters. The van der Waals surface area contributed by atoms with E-state index in [2.05, 4.69) is 6.92 Å². The van der Waals surface area contributed by atoms with Crippen molar-refractivity contribution < 1.29 is 29.3 Å². The van der Waals surface area contributed by atoms with E-state index in [1.165, 1.54) is 25.8 Å². The van der Waals surface area contributed by atoms with E-state index in [0.29, 0.717) is 31.6 Å². The second kappa shape index (κ2) is 8.43. The molecule has 3 saturated carbocycles. The van der Waals surface area contributed by atoms with E-state index in [9.17, 15) is 19.8 Å². The van der Waals surface area contributed by atoms with E-state index >= 15 is 0 Å². The number of aliphatic hydroxyl groups excluding tert-OH is 1. The van der Waals surface area contributed by atoms with Gasteiger partial charge in [-0.25, -0.2) is 4.79 Å². The second-order valence-corrected chi connectivity index (χ2v) is 11.4. The quantitative estimate of drug-likeness (QED) is 0.619. The van der Waals surface area contributed by atoms with Gasteiger partial charge in [0, 0.05) is 24.3 Å². The number of carbonyl (C=O) groups is 2. The van der Waals surface area contributed by atoms with Gasteiger partial charge in [-0.2, -0.15) is 0 Å². The van der Waals surface area contributed by atoms with Crippen LogP contribution >= 0.6 is 0 Å². The van der Waals surface area contributed by atoms with Gasteiger partial charge in [0.1, 0.15) is 12.7 Å². The van der Waals surface area contributed by atoms with Crippen LogP contribution in [0.25, 0.3) is 0 Å². The number of hydrogen-bond donors (Lipinski definition) is 2. The minimum atomic E-state index is -1.14. The molecule has 7 unspecified atom stereocenters. The number of aliphatic hydroxyl groups is 2. The molecule has 3 fully saturated rings. The number of carbonyl (C=O) groups excluding carboxylic acids is 2. The molecule has 0 aromatic carbocycles. The van der Waals surface area contributed by atoms with Gasteiger partial charge in [0.25, 0.3) is 0 Å². The number of rotatable bonds is 5. The van der Waals surface area contributed by atoms with Crippen molar-refractivity contribution in [2.24, 2.45) is 28.6 Å². The van der Waals surface area contributed by atoms with Crippen LogP contribution in [0.4, 0.5) is 0 Å². The van der Waals surface area contributed by atoms with Crippen molar-refractivity contribution in [1.82, 2.24) is 0 Å². The molecule has 0 saturated heterocycles. The molecule has 4 rings (SSSR count). The second-order valence-electron chi connectivity index (χ2n) is 11.4.